The molecule has 1 aliphatic carbocycles. The van der Waals surface area contributed by atoms with Crippen molar-refractivity contribution in [2.75, 3.05) is 0 Å². The fraction of sp³-hybridized carbons (Fsp3) is 0.333. The monoisotopic (exact) mass is 258 g/mol. The molecule has 2 nitrogen and oxygen atoms in total. The van der Waals surface area contributed by atoms with E-state index in [9.17, 15) is 0 Å². The second kappa shape index (κ2) is 5.22. The van der Waals surface area contributed by atoms with E-state index < -0.39 is 0 Å². The number of thiophene rings is 1. The zero-order valence-corrected chi connectivity index (χ0v) is 11.1. The van der Waals surface area contributed by atoms with Crippen molar-refractivity contribution < 1.29 is 0 Å². The minimum Gasteiger partial charge on any atom is -0.271 e. The van der Waals surface area contributed by atoms with Crippen LogP contribution in [-0.4, -0.2) is 0 Å². The third kappa shape index (κ3) is 2.21. The molecule has 1 saturated carbocycles. The minimum absolute atomic E-state index is 0.103. The maximum absolute atomic E-state index is 5.69. The highest BCUT2D eigenvalue weighted by molar-refractivity contribution is 7.08. The molecule has 0 bridgehead atoms. The van der Waals surface area contributed by atoms with Crippen molar-refractivity contribution in [1.82, 2.24) is 5.43 Å². The Morgan fingerprint density at radius 3 is 2.39 bits per heavy atom. The van der Waals surface area contributed by atoms with Gasteiger partial charge in [0.15, 0.2) is 0 Å². The van der Waals surface area contributed by atoms with Gasteiger partial charge in [0.05, 0.1) is 6.04 Å². The van der Waals surface area contributed by atoms with E-state index >= 15 is 0 Å². The molecule has 1 fully saturated rings. The molecular formula is C15H18N2S. The normalized spacial score (nSPS) is 17.4. The lowest BCUT2D eigenvalue weighted by atomic mass is 9.80. The molecule has 0 spiro atoms. The van der Waals surface area contributed by atoms with Gasteiger partial charge < -0.3 is 0 Å². The van der Waals surface area contributed by atoms with E-state index in [4.69, 9.17) is 5.84 Å². The summed E-state index contributed by atoms with van der Waals surface area (Å²) in [5.74, 6) is 6.48. The number of rotatable bonds is 4. The third-order valence-electron chi connectivity index (χ3n) is 3.89. The number of hydrogen-bond donors (Lipinski definition) is 2. The molecule has 1 unspecified atom stereocenters. The first-order chi connectivity index (χ1) is 8.88. The molecular weight excluding hydrogens is 240 g/mol. The second-order valence-corrected chi connectivity index (χ2v) is 5.73. The van der Waals surface area contributed by atoms with Crippen molar-refractivity contribution in [3.8, 4) is 0 Å². The molecule has 0 aliphatic heterocycles. The van der Waals surface area contributed by atoms with Gasteiger partial charge in [-0.2, -0.15) is 11.3 Å². The number of nitrogens with one attached hydrogen (secondary N) is 1. The maximum atomic E-state index is 5.69. The van der Waals surface area contributed by atoms with Gasteiger partial charge in [-0.1, -0.05) is 30.7 Å². The largest absolute Gasteiger partial charge is 0.271 e. The molecule has 1 heterocycles. The first-order valence-electron chi connectivity index (χ1n) is 6.46. The van der Waals surface area contributed by atoms with Crippen molar-refractivity contribution in [2.45, 2.75) is 31.2 Å². The average Bonchev–Trinajstić information content (AvgIpc) is 2.84. The summed E-state index contributed by atoms with van der Waals surface area (Å²) in [6, 6.07) is 11.2. The second-order valence-electron chi connectivity index (χ2n) is 4.95. The summed E-state index contributed by atoms with van der Waals surface area (Å²) in [7, 11) is 0. The van der Waals surface area contributed by atoms with Gasteiger partial charge in [0.25, 0.3) is 0 Å². The number of hydrazine groups is 1. The molecule has 3 heteroatoms. The first-order valence-corrected chi connectivity index (χ1v) is 7.41. The quantitative estimate of drug-likeness (QED) is 0.650. The molecule has 1 aromatic heterocycles. The van der Waals surface area contributed by atoms with E-state index in [1.165, 1.54) is 36.0 Å². The smallest absolute Gasteiger partial charge is 0.0718 e. The Labute approximate surface area is 112 Å². The van der Waals surface area contributed by atoms with E-state index in [1.54, 1.807) is 11.3 Å². The predicted octanol–water partition coefficient (Wildman–Crippen LogP) is 3.57. The molecule has 2 aromatic rings. The fourth-order valence-electron chi connectivity index (χ4n) is 2.53. The molecule has 1 aliphatic rings. The van der Waals surface area contributed by atoms with Crippen LogP contribution in [0.25, 0.3) is 0 Å². The van der Waals surface area contributed by atoms with Crippen LogP contribution in [0.2, 0.25) is 0 Å². The summed E-state index contributed by atoms with van der Waals surface area (Å²) in [6.07, 6.45) is 4.08. The molecule has 3 N–H and O–H groups in total. The maximum Gasteiger partial charge on any atom is 0.0718 e. The summed E-state index contributed by atoms with van der Waals surface area (Å²) in [6.45, 7) is 0. The van der Waals surface area contributed by atoms with E-state index in [0.29, 0.717) is 0 Å². The Hall–Kier alpha value is -1.16. The number of nitrogens with two attached hydrogens (primary N) is 1. The van der Waals surface area contributed by atoms with Crippen molar-refractivity contribution >= 4 is 11.3 Å². The predicted molar refractivity (Wildman–Crippen MR) is 76.5 cm³/mol. The average molecular weight is 258 g/mol. The van der Waals surface area contributed by atoms with E-state index in [2.05, 4.69) is 46.5 Å². The SMILES string of the molecule is NNC(c1ccc(C2CCC2)cc1)c1ccsc1. The van der Waals surface area contributed by atoms with Crippen LogP contribution in [0.3, 0.4) is 0 Å². The Balaban J connectivity index is 1.82. The van der Waals surface area contributed by atoms with Crippen LogP contribution in [0.5, 0.6) is 0 Å². The van der Waals surface area contributed by atoms with E-state index in [1.807, 2.05) is 0 Å². The van der Waals surface area contributed by atoms with Crippen LogP contribution < -0.4 is 11.3 Å². The summed E-state index contributed by atoms with van der Waals surface area (Å²) in [5.41, 5.74) is 6.85. The van der Waals surface area contributed by atoms with Crippen LogP contribution in [0.15, 0.2) is 41.1 Å². The molecule has 18 heavy (non-hydrogen) atoms. The fourth-order valence-corrected chi connectivity index (χ4v) is 3.21. The molecule has 0 radical (unpaired) electrons. The number of hydrogen-bond acceptors (Lipinski definition) is 3. The third-order valence-corrected chi connectivity index (χ3v) is 4.59. The lowest BCUT2D eigenvalue weighted by Gasteiger charge is -2.26. The zero-order chi connectivity index (χ0) is 12.4. The van der Waals surface area contributed by atoms with Gasteiger partial charge in [-0.15, -0.1) is 0 Å². The van der Waals surface area contributed by atoms with Crippen molar-refractivity contribution in [3.05, 3.63) is 57.8 Å². The molecule has 3 rings (SSSR count). The van der Waals surface area contributed by atoms with Crippen LogP contribution in [0.1, 0.15) is 47.9 Å². The number of benzene rings is 1. The standard InChI is InChI=1S/C15H18N2S/c16-17-15(14-8-9-18-10-14)13-6-4-12(5-7-13)11-2-1-3-11/h4-11,15,17H,1-3,16H2. The molecule has 1 aromatic carbocycles. The highest BCUT2D eigenvalue weighted by atomic mass is 32.1. The Bertz CT molecular complexity index is 486. The first kappa shape index (κ1) is 11.9. The minimum atomic E-state index is 0.103. The van der Waals surface area contributed by atoms with Gasteiger partial charge in [-0.25, -0.2) is 5.43 Å². The summed E-state index contributed by atoms with van der Waals surface area (Å²) in [5, 5.41) is 4.23. The molecule has 94 valence electrons. The highest BCUT2D eigenvalue weighted by Gasteiger charge is 2.20. The van der Waals surface area contributed by atoms with Gasteiger partial charge in [0.1, 0.15) is 0 Å². The zero-order valence-electron chi connectivity index (χ0n) is 10.3. The Kier molecular flexibility index (Phi) is 3.46. The van der Waals surface area contributed by atoms with Crippen molar-refractivity contribution in [2.24, 2.45) is 5.84 Å². The van der Waals surface area contributed by atoms with E-state index in [-0.39, 0.29) is 6.04 Å². The molecule has 1 atom stereocenters. The summed E-state index contributed by atoms with van der Waals surface area (Å²) >= 11 is 1.70. The van der Waals surface area contributed by atoms with Crippen LogP contribution >= 0.6 is 11.3 Å². The van der Waals surface area contributed by atoms with Gasteiger partial charge in [0.2, 0.25) is 0 Å². The molecule has 0 saturated heterocycles. The summed E-state index contributed by atoms with van der Waals surface area (Å²) < 4.78 is 0. The van der Waals surface area contributed by atoms with Gasteiger partial charge in [-0.05, 0) is 52.3 Å². The summed E-state index contributed by atoms with van der Waals surface area (Å²) in [4.78, 5) is 0. The molecule has 0 amide bonds. The van der Waals surface area contributed by atoms with Crippen molar-refractivity contribution in [1.29, 1.82) is 0 Å². The van der Waals surface area contributed by atoms with Crippen LogP contribution in [0, 0.1) is 0 Å². The van der Waals surface area contributed by atoms with Crippen LogP contribution in [-0.2, 0) is 0 Å². The highest BCUT2D eigenvalue weighted by Crippen LogP contribution is 2.36. The topological polar surface area (TPSA) is 38.0 Å². The lowest BCUT2D eigenvalue weighted by Crippen LogP contribution is -2.28. The van der Waals surface area contributed by atoms with Gasteiger partial charge in [0, 0.05) is 0 Å². The van der Waals surface area contributed by atoms with Gasteiger partial charge in [-0.3, -0.25) is 5.84 Å². The lowest BCUT2D eigenvalue weighted by molar-refractivity contribution is 0.419. The van der Waals surface area contributed by atoms with Crippen LogP contribution in [0.4, 0.5) is 0 Å². The van der Waals surface area contributed by atoms with E-state index in [0.717, 1.165) is 5.92 Å². The van der Waals surface area contributed by atoms with Gasteiger partial charge >= 0.3 is 0 Å². The Morgan fingerprint density at radius 1 is 1.11 bits per heavy atom. The van der Waals surface area contributed by atoms with Crippen molar-refractivity contribution in [3.63, 3.8) is 0 Å². The Morgan fingerprint density at radius 2 is 1.89 bits per heavy atom.